The highest BCUT2D eigenvalue weighted by Crippen LogP contribution is 2.33. The van der Waals surface area contributed by atoms with Crippen LogP contribution < -0.4 is 0 Å². The minimum Gasteiger partial charge on any atom is -0.302 e. The fraction of sp³-hybridized carbons (Fsp3) is 0.929. The van der Waals surface area contributed by atoms with Crippen LogP contribution >= 0.6 is 11.8 Å². The molecule has 3 heteroatoms. The SMILES string of the molecule is CCC1CCC(C#N)C(N(C)CCCSC)C1. The molecule has 3 atom stereocenters. The molecule has 1 rings (SSSR count). The molecule has 1 aliphatic rings. The Morgan fingerprint density at radius 1 is 1.41 bits per heavy atom. The van der Waals surface area contributed by atoms with Gasteiger partial charge in [-0.15, -0.1) is 0 Å². The smallest absolute Gasteiger partial charge is 0.0672 e. The van der Waals surface area contributed by atoms with Gasteiger partial charge in [-0.25, -0.2) is 0 Å². The molecule has 1 aliphatic carbocycles. The normalized spacial score (nSPS) is 29.2. The van der Waals surface area contributed by atoms with Gasteiger partial charge in [0.2, 0.25) is 0 Å². The summed E-state index contributed by atoms with van der Waals surface area (Å²) in [5.74, 6) is 2.33. The number of hydrogen-bond acceptors (Lipinski definition) is 3. The molecule has 3 unspecified atom stereocenters. The largest absolute Gasteiger partial charge is 0.302 e. The molecule has 0 radical (unpaired) electrons. The first kappa shape index (κ1) is 14.9. The summed E-state index contributed by atoms with van der Waals surface area (Å²) in [6.45, 7) is 3.42. The van der Waals surface area contributed by atoms with Crippen LogP contribution in [0.25, 0.3) is 0 Å². The van der Waals surface area contributed by atoms with E-state index in [2.05, 4.69) is 31.2 Å². The maximum atomic E-state index is 9.26. The van der Waals surface area contributed by atoms with Gasteiger partial charge in [0.05, 0.1) is 12.0 Å². The minimum absolute atomic E-state index is 0.261. The lowest BCUT2D eigenvalue weighted by atomic mass is 9.77. The first-order valence-corrected chi connectivity index (χ1v) is 8.21. The van der Waals surface area contributed by atoms with Gasteiger partial charge in [-0.3, -0.25) is 0 Å². The van der Waals surface area contributed by atoms with Crippen LogP contribution in [0.3, 0.4) is 0 Å². The molecule has 98 valence electrons. The Morgan fingerprint density at radius 3 is 2.76 bits per heavy atom. The van der Waals surface area contributed by atoms with Gasteiger partial charge >= 0.3 is 0 Å². The standard InChI is InChI=1S/C14H26N2S/c1-4-12-6-7-13(11-15)14(10-12)16(2)8-5-9-17-3/h12-14H,4-10H2,1-3H3. The second-order valence-electron chi connectivity index (χ2n) is 5.22. The van der Waals surface area contributed by atoms with Crippen LogP contribution in [0, 0.1) is 23.2 Å². The quantitative estimate of drug-likeness (QED) is 0.680. The van der Waals surface area contributed by atoms with Gasteiger partial charge in [-0.05, 0) is 57.2 Å². The van der Waals surface area contributed by atoms with Crippen LogP contribution in [-0.2, 0) is 0 Å². The molecule has 0 saturated heterocycles. The summed E-state index contributed by atoms with van der Waals surface area (Å²) < 4.78 is 0. The topological polar surface area (TPSA) is 27.0 Å². The van der Waals surface area contributed by atoms with Crippen molar-refractivity contribution in [2.45, 2.75) is 45.1 Å². The Morgan fingerprint density at radius 2 is 2.18 bits per heavy atom. The Labute approximate surface area is 111 Å². The predicted octanol–water partition coefficient (Wildman–Crippen LogP) is 3.39. The summed E-state index contributed by atoms with van der Waals surface area (Å²) in [4.78, 5) is 2.44. The molecule has 0 heterocycles. The highest BCUT2D eigenvalue weighted by atomic mass is 32.2. The third-order valence-electron chi connectivity index (χ3n) is 4.09. The monoisotopic (exact) mass is 254 g/mol. The molecular formula is C14H26N2S. The third kappa shape index (κ3) is 4.52. The number of thioether (sulfide) groups is 1. The van der Waals surface area contributed by atoms with Crippen LogP contribution in [0.1, 0.15) is 39.0 Å². The third-order valence-corrected chi connectivity index (χ3v) is 4.79. The molecule has 0 N–H and O–H groups in total. The lowest BCUT2D eigenvalue weighted by Gasteiger charge is -2.38. The summed E-state index contributed by atoms with van der Waals surface area (Å²) in [6, 6.07) is 3.02. The van der Waals surface area contributed by atoms with Crippen LogP contribution in [0.15, 0.2) is 0 Å². The maximum Gasteiger partial charge on any atom is 0.0672 e. The zero-order valence-corrected chi connectivity index (χ0v) is 12.3. The van der Waals surface area contributed by atoms with E-state index in [0.29, 0.717) is 6.04 Å². The van der Waals surface area contributed by atoms with E-state index in [1.807, 2.05) is 11.8 Å². The second-order valence-corrected chi connectivity index (χ2v) is 6.20. The molecule has 0 amide bonds. The van der Waals surface area contributed by atoms with Gasteiger partial charge in [0, 0.05) is 6.04 Å². The van der Waals surface area contributed by atoms with Crippen molar-refractivity contribution in [3.63, 3.8) is 0 Å². The van der Waals surface area contributed by atoms with E-state index in [-0.39, 0.29) is 5.92 Å². The highest BCUT2D eigenvalue weighted by Gasteiger charge is 2.32. The maximum absolute atomic E-state index is 9.26. The van der Waals surface area contributed by atoms with Crippen molar-refractivity contribution in [2.24, 2.45) is 11.8 Å². The van der Waals surface area contributed by atoms with Gasteiger partial charge in [-0.2, -0.15) is 17.0 Å². The van der Waals surface area contributed by atoms with Crippen LogP contribution in [0.4, 0.5) is 0 Å². The van der Waals surface area contributed by atoms with E-state index in [0.717, 1.165) is 18.9 Å². The molecular weight excluding hydrogens is 228 g/mol. The Bertz CT molecular complexity index is 249. The minimum atomic E-state index is 0.261. The lowest BCUT2D eigenvalue weighted by molar-refractivity contribution is 0.124. The van der Waals surface area contributed by atoms with E-state index in [4.69, 9.17) is 0 Å². The van der Waals surface area contributed by atoms with Gasteiger partial charge in [0.25, 0.3) is 0 Å². The zero-order valence-electron chi connectivity index (χ0n) is 11.5. The zero-order chi connectivity index (χ0) is 12.7. The van der Waals surface area contributed by atoms with Gasteiger partial charge in [0.1, 0.15) is 0 Å². The summed E-state index contributed by atoms with van der Waals surface area (Å²) in [5.41, 5.74) is 0. The molecule has 0 bridgehead atoms. The van der Waals surface area contributed by atoms with Crippen molar-refractivity contribution < 1.29 is 0 Å². The van der Waals surface area contributed by atoms with Crippen molar-refractivity contribution in [3.8, 4) is 6.07 Å². The van der Waals surface area contributed by atoms with E-state index in [9.17, 15) is 5.26 Å². The molecule has 0 aromatic rings. The first-order valence-electron chi connectivity index (χ1n) is 6.81. The fourth-order valence-corrected chi connectivity index (χ4v) is 3.28. The first-order chi connectivity index (χ1) is 8.22. The van der Waals surface area contributed by atoms with Crippen LogP contribution in [0.2, 0.25) is 0 Å². The summed E-state index contributed by atoms with van der Waals surface area (Å²) in [7, 11) is 2.20. The van der Waals surface area contributed by atoms with Crippen molar-refractivity contribution in [1.29, 1.82) is 5.26 Å². The Kier molecular flexibility index (Phi) is 6.99. The number of nitrogens with zero attached hydrogens (tertiary/aromatic N) is 2. The average Bonchev–Trinajstić information content (AvgIpc) is 2.38. The van der Waals surface area contributed by atoms with Crippen LogP contribution in [0.5, 0.6) is 0 Å². The summed E-state index contributed by atoms with van der Waals surface area (Å²) >= 11 is 1.91. The van der Waals surface area contributed by atoms with Crippen molar-refractivity contribution in [1.82, 2.24) is 4.90 Å². The van der Waals surface area contributed by atoms with Gasteiger partial charge in [-0.1, -0.05) is 13.3 Å². The van der Waals surface area contributed by atoms with Crippen LogP contribution in [-0.4, -0.2) is 36.5 Å². The summed E-state index contributed by atoms with van der Waals surface area (Å²) in [6.07, 6.45) is 8.25. The Balaban J connectivity index is 2.47. The van der Waals surface area contributed by atoms with Gasteiger partial charge < -0.3 is 4.90 Å². The van der Waals surface area contributed by atoms with Crippen molar-refractivity contribution in [2.75, 3.05) is 25.6 Å². The Hall–Kier alpha value is -0.200. The van der Waals surface area contributed by atoms with Crippen molar-refractivity contribution >= 4 is 11.8 Å². The molecule has 0 aromatic carbocycles. The predicted molar refractivity (Wildman–Crippen MR) is 76.2 cm³/mol. The molecule has 0 spiro atoms. The number of nitriles is 1. The van der Waals surface area contributed by atoms with Crippen molar-refractivity contribution in [3.05, 3.63) is 0 Å². The molecule has 1 fully saturated rings. The second kappa shape index (κ2) is 8.00. The van der Waals surface area contributed by atoms with E-state index < -0.39 is 0 Å². The van der Waals surface area contributed by atoms with Gasteiger partial charge in [0.15, 0.2) is 0 Å². The van der Waals surface area contributed by atoms with E-state index in [1.54, 1.807) is 0 Å². The number of hydrogen-bond donors (Lipinski definition) is 0. The molecule has 0 aliphatic heterocycles. The lowest BCUT2D eigenvalue weighted by Crippen LogP contribution is -2.42. The van der Waals surface area contributed by atoms with E-state index >= 15 is 0 Å². The molecule has 0 aromatic heterocycles. The fourth-order valence-electron chi connectivity index (χ4n) is 2.86. The molecule has 1 saturated carbocycles. The summed E-state index contributed by atoms with van der Waals surface area (Å²) in [5, 5.41) is 9.26. The number of rotatable bonds is 6. The van der Waals surface area contributed by atoms with E-state index in [1.165, 1.54) is 31.4 Å². The molecule has 17 heavy (non-hydrogen) atoms. The average molecular weight is 254 g/mol. The molecule has 2 nitrogen and oxygen atoms in total. The highest BCUT2D eigenvalue weighted by molar-refractivity contribution is 7.98.